The van der Waals surface area contributed by atoms with Crippen LogP contribution >= 0.6 is 11.3 Å². The van der Waals surface area contributed by atoms with Gasteiger partial charge in [0.1, 0.15) is 5.75 Å². The third-order valence-corrected chi connectivity index (χ3v) is 4.61. The van der Waals surface area contributed by atoms with Crippen molar-refractivity contribution in [1.82, 2.24) is 4.90 Å². The first-order chi connectivity index (χ1) is 10.8. The fraction of sp³-hybridized carbons (Fsp3) is 0.278. The van der Waals surface area contributed by atoms with Gasteiger partial charge in [0.05, 0.1) is 13.2 Å². The van der Waals surface area contributed by atoms with E-state index in [1.54, 1.807) is 17.4 Å². The van der Waals surface area contributed by atoms with Crippen molar-refractivity contribution in [2.45, 2.75) is 19.9 Å². The van der Waals surface area contributed by atoms with Crippen molar-refractivity contribution in [3.05, 3.63) is 57.8 Å². The van der Waals surface area contributed by atoms with Gasteiger partial charge in [-0.3, -0.25) is 4.79 Å². The first-order valence-corrected chi connectivity index (χ1v) is 8.39. The summed E-state index contributed by atoms with van der Waals surface area (Å²) >= 11 is 1.68. The molecular formula is C18H19NO2S. The summed E-state index contributed by atoms with van der Waals surface area (Å²) in [6.07, 6.45) is 4.50. The molecule has 3 rings (SSSR count). The summed E-state index contributed by atoms with van der Waals surface area (Å²) < 4.78 is 5.50. The van der Waals surface area contributed by atoms with Crippen LogP contribution < -0.4 is 4.74 Å². The molecule has 0 bridgehead atoms. The van der Waals surface area contributed by atoms with E-state index in [4.69, 9.17) is 4.74 Å². The van der Waals surface area contributed by atoms with E-state index in [1.165, 1.54) is 10.4 Å². The predicted octanol–water partition coefficient (Wildman–Crippen LogP) is 3.74. The van der Waals surface area contributed by atoms with E-state index in [0.717, 1.165) is 24.3 Å². The number of rotatable bonds is 5. The number of thiophene rings is 1. The smallest absolute Gasteiger partial charge is 0.246 e. The van der Waals surface area contributed by atoms with Gasteiger partial charge in [0.2, 0.25) is 5.91 Å². The fourth-order valence-electron chi connectivity index (χ4n) is 2.52. The van der Waals surface area contributed by atoms with Crippen LogP contribution in [0.15, 0.2) is 41.8 Å². The van der Waals surface area contributed by atoms with Gasteiger partial charge in [-0.05, 0) is 47.7 Å². The lowest BCUT2D eigenvalue weighted by Crippen LogP contribution is -2.28. The molecule has 0 saturated heterocycles. The highest BCUT2D eigenvalue weighted by atomic mass is 32.1. The highest BCUT2D eigenvalue weighted by Gasteiger charge is 2.12. The topological polar surface area (TPSA) is 29.5 Å². The average molecular weight is 313 g/mol. The standard InChI is InChI=1S/C18H19NO2S/c1-2-19(13-16-4-3-11-22-16)18(20)8-6-14-5-7-17-15(12-14)9-10-21-17/h3-8,11-12H,2,9-10,13H2,1H3/b8-6+. The van der Waals surface area contributed by atoms with Crippen molar-refractivity contribution >= 4 is 23.3 Å². The third kappa shape index (κ3) is 3.39. The van der Waals surface area contributed by atoms with E-state index in [1.807, 2.05) is 41.5 Å². The van der Waals surface area contributed by atoms with Crippen molar-refractivity contribution in [3.63, 3.8) is 0 Å². The maximum absolute atomic E-state index is 12.3. The largest absolute Gasteiger partial charge is 0.493 e. The fourth-order valence-corrected chi connectivity index (χ4v) is 3.24. The van der Waals surface area contributed by atoms with Gasteiger partial charge in [-0.25, -0.2) is 0 Å². The molecule has 0 saturated carbocycles. The monoisotopic (exact) mass is 313 g/mol. The van der Waals surface area contributed by atoms with E-state index < -0.39 is 0 Å². The lowest BCUT2D eigenvalue weighted by Gasteiger charge is -2.18. The molecule has 2 heterocycles. The Kier molecular flexibility index (Phi) is 4.59. The molecule has 0 fully saturated rings. The van der Waals surface area contributed by atoms with Gasteiger partial charge in [-0.15, -0.1) is 11.3 Å². The number of hydrogen-bond acceptors (Lipinski definition) is 3. The van der Waals surface area contributed by atoms with Gasteiger partial charge in [0, 0.05) is 23.9 Å². The Morgan fingerprint density at radius 2 is 2.32 bits per heavy atom. The van der Waals surface area contributed by atoms with E-state index in [9.17, 15) is 4.79 Å². The van der Waals surface area contributed by atoms with Gasteiger partial charge < -0.3 is 9.64 Å². The molecule has 1 amide bonds. The van der Waals surface area contributed by atoms with Crippen molar-refractivity contribution < 1.29 is 9.53 Å². The molecule has 2 aromatic rings. The third-order valence-electron chi connectivity index (χ3n) is 3.75. The number of fused-ring (bicyclic) bond motifs is 1. The number of ether oxygens (including phenoxy) is 1. The van der Waals surface area contributed by atoms with Crippen molar-refractivity contribution in [1.29, 1.82) is 0 Å². The van der Waals surface area contributed by atoms with Gasteiger partial charge >= 0.3 is 0 Å². The molecule has 1 aromatic carbocycles. The molecular weight excluding hydrogens is 294 g/mol. The minimum atomic E-state index is 0.0487. The van der Waals surface area contributed by atoms with Crippen LogP contribution in [-0.2, 0) is 17.8 Å². The van der Waals surface area contributed by atoms with Crippen LogP contribution in [0.4, 0.5) is 0 Å². The van der Waals surface area contributed by atoms with E-state index in [2.05, 4.69) is 12.1 Å². The van der Waals surface area contributed by atoms with Gasteiger partial charge in [-0.1, -0.05) is 12.1 Å². The number of likely N-dealkylation sites (N-methyl/N-ethyl adjacent to an activating group) is 1. The molecule has 0 unspecified atom stereocenters. The number of nitrogens with zero attached hydrogens (tertiary/aromatic N) is 1. The summed E-state index contributed by atoms with van der Waals surface area (Å²) in [6, 6.07) is 10.1. The van der Waals surface area contributed by atoms with Gasteiger partial charge in [0.25, 0.3) is 0 Å². The molecule has 1 aromatic heterocycles. The number of carbonyl (C=O) groups is 1. The first kappa shape index (κ1) is 14.9. The number of benzene rings is 1. The molecule has 1 aliphatic rings. The van der Waals surface area contributed by atoms with Crippen LogP contribution in [0.1, 0.15) is 22.9 Å². The highest BCUT2D eigenvalue weighted by molar-refractivity contribution is 7.09. The summed E-state index contributed by atoms with van der Waals surface area (Å²) in [5, 5.41) is 2.04. The maximum Gasteiger partial charge on any atom is 0.246 e. The van der Waals surface area contributed by atoms with Crippen molar-refractivity contribution in [2.24, 2.45) is 0 Å². The Hall–Kier alpha value is -2.07. The number of amides is 1. The summed E-state index contributed by atoms with van der Waals surface area (Å²) in [4.78, 5) is 15.4. The van der Waals surface area contributed by atoms with Crippen LogP contribution in [0, 0.1) is 0 Å². The van der Waals surface area contributed by atoms with Crippen molar-refractivity contribution in [3.8, 4) is 5.75 Å². The molecule has 3 nitrogen and oxygen atoms in total. The van der Waals surface area contributed by atoms with E-state index in [0.29, 0.717) is 13.1 Å². The Balaban J connectivity index is 1.66. The zero-order chi connectivity index (χ0) is 15.4. The second-order valence-corrected chi connectivity index (χ2v) is 6.26. The van der Waals surface area contributed by atoms with E-state index >= 15 is 0 Å². The minimum Gasteiger partial charge on any atom is -0.493 e. The SMILES string of the molecule is CCN(Cc1cccs1)C(=O)/C=C/c1ccc2c(c1)CCO2. The Bertz CT molecular complexity index is 676. The summed E-state index contributed by atoms with van der Waals surface area (Å²) in [7, 11) is 0. The molecule has 0 radical (unpaired) electrons. The normalized spacial score (nSPS) is 13.1. The molecule has 0 aliphatic carbocycles. The number of carbonyl (C=O) groups excluding carboxylic acids is 1. The second kappa shape index (κ2) is 6.79. The zero-order valence-corrected chi connectivity index (χ0v) is 13.4. The molecule has 114 valence electrons. The second-order valence-electron chi connectivity index (χ2n) is 5.23. The van der Waals surface area contributed by atoms with Gasteiger partial charge in [-0.2, -0.15) is 0 Å². The summed E-state index contributed by atoms with van der Waals surface area (Å²) in [5.41, 5.74) is 2.27. The molecule has 22 heavy (non-hydrogen) atoms. The van der Waals surface area contributed by atoms with E-state index in [-0.39, 0.29) is 5.91 Å². The quantitative estimate of drug-likeness (QED) is 0.787. The Labute approximate surface area is 134 Å². The lowest BCUT2D eigenvalue weighted by atomic mass is 10.1. The average Bonchev–Trinajstić information content (AvgIpc) is 3.20. The maximum atomic E-state index is 12.3. The van der Waals surface area contributed by atoms with Crippen LogP contribution in [-0.4, -0.2) is 24.0 Å². The van der Waals surface area contributed by atoms with Crippen molar-refractivity contribution in [2.75, 3.05) is 13.2 Å². The van der Waals surface area contributed by atoms with Crippen LogP contribution in [0.2, 0.25) is 0 Å². The number of hydrogen-bond donors (Lipinski definition) is 0. The lowest BCUT2D eigenvalue weighted by molar-refractivity contribution is -0.126. The Morgan fingerprint density at radius 1 is 1.41 bits per heavy atom. The van der Waals surface area contributed by atoms with Crippen LogP contribution in [0.25, 0.3) is 6.08 Å². The molecule has 0 spiro atoms. The summed E-state index contributed by atoms with van der Waals surface area (Å²) in [6.45, 7) is 4.15. The summed E-state index contributed by atoms with van der Waals surface area (Å²) in [5.74, 6) is 1.02. The van der Waals surface area contributed by atoms with Gasteiger partial charge in [0.15, 0.2) is 0 Å². The molecule has 0 N–H and O–H groups in total. The Morgan fingerprint density at radius 3 is 3.09 bits per heavy atom. The minimum absolute atomic E-state index is 0.0487. The molecule has 4 heteroatoms. The first-order valence-electron chi connectivity index (χ1n) is 7.51. The molecule has 0 atom stereocenters. The zero-order valence-electron chi connectivity index (χ0n) is 12.6. The van der Waals surface area contributed by atoms with Crippen LogP contribution in [0.5, 0.6) is 5.75 Å². The van der Waals surface area contributed by atoms with Crippen LogP contribution in [0.3, 0.4) is 0 Å². The molecule has 1 aliphatic heterocycles. The highest BCUT2D eigenvalue weighted by Crippen LogP contribution is 2.26. The predicted molar refractivity (Wildman–Crippen MR) is 90.1 cm³/mol.